The van der Waals surface area contributed by atoms with Crippen molar-refractivity contribution in [3.8, 4) is 5.75 Å². The van der Waals surface area contributed by atoms with Crippen LogP contribution in [0.1, 0.15) is 27.7 Å². The van der Waals surface area contributed by atoms with Crippen LogP contribution in [0.5, 0.6) is 5.75 Å². The van der Waals surface area contributed by atoms with Gasteiger partial charge in [0.25, 0.3) is 0 Å². The van der Waals surface area contributed by atoms with Gasteiger partial charge in [-0.2, -0.15) is 5.10 Å². The normalized spacial score (nSPS) is 19.5. The van der Waals surface area contributed by atoms with Crippen LogP contribution < -0.4 is 15.4 Å². The number of amides is 2. The first-order valence-electron chi connectivity index (χ1n) is 8.57. The molecule has 1 saturated heterocycles. The summed E-state index contributed by atoms with van der Waals surface area (Å²) >= 11 is 1.47. The first kappa shape index (κ1) is 18.6. The summed E-state index contributed by atoms with van der Waals surface area (Å²) in [6.45, 7) is 7.60. The minimum atomic E-state index is -0.587. The van der Waals surface area contributed by atoms with E-state index in [9.17, 15) is 9.59 Å². The van der Waals surface area contributed by atoms with Gasteiger partial charge in [-0.15, -0.1) is 11.8 Å². The summed E-state index contributed by atoms with van der Waals surface area (Å²) in [5.41, 5.74) is 0.863. The minimum absolute atomic E-state index is 0.000576. The highest BCUT2D eigenvalue weighted by molar-refractivity contribution is 8.01. The first-order valence-corrected chi connectivity index (χ1v) is 9.56. The molecule has 0 unspecified atom stereocenters. The summed E-state index contributed by atoms with van der Waals surface area (Å²) in [5, 5.41) is 10.8. The average Bonchev–Trinajstić information content (AvgIpc) is 2.86. The fourth-order valence-electron chi connectivity index (χ4n) is 2.80. The highest BCUT2D eigenvalue weighted by atomic mass is 32.2. The zero-order valence-corrected chi connectivity index (χ0v) is 16.4. The van der Waals surface area contributed by atoms with Gasteiger partial charge in [0, 0.05) is 12.8 Å². The molecule has 0 aliphatic carbocycles. The van der Waals surface area contributed by atoms with Crippen molar-refractivity contribution in [2.45, 2.75) is 44.6 Å². The number of carbonyl (C=O) groups is 2. The molecular formula is C18H24N4O3S. The zero-order chi connectivity index (χ0) is 19.1. The van der Waals surface area contributed by atoms with Gasteiger partial charge in [-0.3, -0.25) is 14.3 Å². The molecule has 8 heteroatoms. The number of ether oxygens (including phenoxy) is 1. The Labute approximate surface area is 156 Å². The quantitative estimate of drug-likeness (QED) is 0.855. The maximum atomic E-state index is 12.7. The van der Waals surface area contributed by atoms with E-state index in [1.54, 1.807) is 4.68 Å². The monoisotopic (exact) mass is 376 g/mol. The van der Waals surface area contributed by atoms with E-state index in [0.29, 0.717) is 17.3 Å². The van der Waals surface area contributed by atoms with Crippen LogP contribution in [0.25, 0.3) is 10.9 Å². The Bertz CT molecular complexity index is 859. The Morgan fingerprint density at radius 3 is 2.85 bits per heavy atom. The van der Waals surface area contributed by atoms with Crippen LogP contribution in [0, 0.1) is 0 Å². The SMILES string of the molecule is CC(C)Oc1cccc2c1c(NC(=O)[C@H]1CSC(C)(C)C(=O)N1)nn2C. The maximum Gasteiger partial charge on any atom is 0.249 e. The lowest BCUT2D eigenvalue weighted by atomic mass is 10.1. The molecule has 1 aliphatic heterocycles. The van der Waals surface area contributed by atoms with Crippen molar-refractivity contribution in [3.05, 3.63) is 18.2 Å². The maximum absolute atomic E-state index is 12.7. The molecule has 2 amide bonds. The molecule has 26 heavy (non-hydrogen) atoms. The lowest BCUT2D eigenvalue weighted by Crippen LogP contribution is -2.55. The Kier molecular flexibility index (Phi) is 4.88. The number of rotatable bonds is 4. The molecule has 1 fully saturated rings. The van der Waals surface area contributed by atoms with Gasteiger partial charge in [0.1, 0.15) is 11.8 Å². The van der Waals surface area contributed by atoms with Crippen LogP contribution in [0.2, 0.25) is 0 Å². The molecule has 2 aromatic rings. The minimum Gasteiger partial charge on any atom is -0.490 e. The highest BCUT2D eigenvalue weighted by Crippen LogP contribution is 2.33. The van der Waals surface area contributed by atoms with Gasteiger partial charge in [0.15, 0.2) is 5.82 Å². The topological polar surface area (TPSA) is 85.2 Å². The van der Waals surface area contributed by atoms with E-state index in [1.165, 1.54) is 11.8 Å². The Hall–Kier alpha value is -2.22. The molecule has 140 valence electrons. The molecule has 0 bridgehead atoms. The zero-order valence-electron chi connectivity index (χ0n) is 15.6. The third-order valence-electron chi connectivity index (χ3n) is 4.22. The van der Waals surface area contributed by atoms with Crippen molar-refractivity contribution < 1.29 is 14.3 Å². The number of fused-ring (bicyclic) bond motifs is 1. The molecule has 2 heterocycles. The third-order valence-corrected chi connectivity index (χ3v) is 5.63. The van der Waals surface area contributed by atoms with E-state index in [0.717, 1.165) is 10.9 Å². The van der Waals surface area contributed by atoms with Crippen molar-refractivity contribution in [1.29, 1.82) is 0 Å². The van der Waals surface area contributed by atoms with Gasteiger partial charge >= 0.3 is 0 Å². The standard InChI is InChI=1S/C18H24N4O3S/c1-10(2)25-13-8-6-7-12-14(13)15(21-22(12)5)20-16(23)11-9-26-18(3,4)17(24)19-11/h6-8,10-11H,9H2,1-5H3,(H,19,24)(H,20,21,23)/t11-/m1/s1. The number of hydrogen-bond acceptors (Lipinski definition) is 5. The van der Waals surface area contributed by atoms with Gasteiger partial charge in [0.2, 0.25) is 11.8 Å². The third kappa shape index (κ3) is 3.51. The second-order valence-corrected chi connectivity index (χ2v) is 8.77. The summed E-state index contributed by atoms with van der Waals surface area (Å²) < 4.78 is 7.06. The number of aromatic nitrogens is 2. The molecule has 0 radical (unpaired) electrons. The van der Waals surface area contributed by atoms with Gasteiger partial charge in [0.05, 0.1) is 21.8 Å². The van der Waals surface area contributed by atoms with Gasteiger partial charge in [-0.25, -0.2) is 0 Å². The van der Waals surface area contributed by atoms with Crippen LogP contribution in [0.3, 0.4) is 0 Å². The number of thioether (sulfide) groups is 1. The number of anilines is 1. The summed E-state index contributed by atoms with van der Waals surface area (Å²) in [7, 11) is 1.82. The predicted molar refractivity (Wildman–Crippen MR) is 104 cm³/mol. The van der Waals surface area contributed by atoms with E-state index in [-0.39, 0.29) is 17.9 Å². The molecule has 1 aliphatic rings. The number of nitrogens with zero attached hydrogens (tertiary/aromatic N) is 2. The Morgan fingerprint density at radius 2 is 2.19 bits per heavy atom. The molecule has 1 atom stereocenters. The molecule has 0 saturated carbocycles. The summed E-state index contributed by atoms with van der Waals surface area (Å²) in [4.78, 5) is 24.8. The highest BCUT2D eigenvalue weighted by Gasteiger charge is 2.38. The predicted octanol–water partition coefficient (Wildman–Crippen LogP) is 2.31. The summed E-state index contributed by atoms with van der Waals surface area (Å²) in [6.07, 6.45) is 0.000576. The first-order chi connectivity index (χ1) is 12.2. The van der Waals surface area contributed by atoms with Crippen molar-refractivity contribution in [3.63, 3.8) is 0 Å². The number of benzene rings is 1. The Balaban J connectivity index is 1.87. The Morgan fingerprint density at radius 1 is 1.46 bits per heavy atom. The van der Waals surface area contributed by atoms with E-state index < -0.39 is 10.8 Å². The molecule has 7 nitrogen and oxygen atoms in total. The molecule has 0 spiro atoms. The lowest BCUT2D eigenvalue weighted by molar-refractivity contribution is -0.127. The fourth-order valence-corrected chi connectivity index (χ4v) is 3.80. The van der Waals surface area contributed by atoms with Crippen LogP contribution in [-0.4, -0.2) is 44.2 Å². The number of carbonyl (C=O) groups excluding carboxylic acids is 2. The second kappa shape index (κ2) is 6.83. The van der Waals surface area contributed by atoms with E-state index in [1.807, 2.05) is 52.9 Å². The van der Waals surface area contributed by atoms with Crippen molar-refractivity contribution >= 4 is 40.3 Å². The summed E-state index contributed by atoms with van der Waals surface area (Å²) in [5.74, 6) is 1.21. The second-order valence-electron chi connectivity index (χ2n) is 7.13. The van der Waals surface area contributed by atoms with Crippen LogP contribution in [-0.2, 0) is 16.6 Å². The van der Waals surface area contributed by atoms with Crippen molar-refractivity contribution in [2.75, 3.05) is 11.1 Å². The molecule has 1 aromatic carbocycles. The van der Waals surface area contributed by atoms with Crippen LogP contribution in [0.15, 0.2) is 18.2 Å². The fraction of sp³-hybridized carbons (Fsp3) is 0.500. The van der Waals surface area contributed by atoms with Gasteiger partial charge in [-0.1, -0.05) is 6.07 Å². The van der Waals surface area contributed by atoms with Crippen LogP contribution >= 0.6 is 11.8 Å². The lowest BCUT2D eigenvalue weighted by Gasteiger charge is -2.32. The molecule has 2 N–H and O–H groups in total. The molecule has 3 rings (SSSR count). The van der Waals surface area contributed by atoms with Crippen molar-refractivity contribution in [2.24, 2.45) is 7.05 Å². The average molecular weight is 376 g/mol. The van der Waals surface area contributed by atoms with Crippen LogP contribution in [0.4, 0.5) is 5.82 Å². The van der Waals surface area contributed by atoms with E-state index >= 15 is 0 Å². The smallest absolute Gasteiger partial charge is 0.249 e. The number of hydrogen-bond donors (Lipinski definition) is 2. The molecule has 1 aromatic heterocycles. The van der Waals surface area contributed by atoms with Gasteiger partial charge in [-0.05, 0) is 39.8 Å². The summed E-state index contributed by atoms with van der Waals surface area (Å²) in [6, 6.07) is 5.09. The van der Waals surface area contributed by atoms with E-state index in [2.05, 4.69) is 15.7 Å². The van der Waals surface area contributed by atoms with E-state index in [4.69, 9.17) is 4.74 Å². The van der Waals surface area contributed by atoms with Gasteiger partial charge < -0.3 is 15.4 Å². The largest absolute Gasteiger partial charge is 0.490 e. The number of aryl methyl sites for hydroxylation is 1. The molecular weight excluding hydrogens is 352 g/mol. The number of nitrogens with one attached hydrogen (secondary N) is 2. The van der Waals surface area contributed by atoms with Crippen molar-refractivity contribution in [1.82, 2.24) is 15.1 Å².